The molecule has 110 valence electrons. The van der Waals surface area contributed by atoms with Gasteiger partial charge in [0.2, 0.25) is 0 Å². The van der Waals surface area contributed by atoms with Crippen molar-refractivity contribution in [3.8, 4) is 0 Å². The zero-order valence-electron chi connectivity index (χ0n) is 11.6. The van der Waals surface area contributed by atoms with Gasteiger partial charge in [-0.3, -0.25) is 0 Å². The average Bonchev–Trinajstić information content (AvgIpc) is 2.34. The molecule has 4 heteroatoms. The number of rotatable bonds is 6. The van der Waals surface area contributed by atoms with Gasteiger partial charge in [0.25, 0.3) is 0 Å². The van der Waals surface area contributed by atoms with E-state index in [1.165, 1.54) is 6.92 Å². The summed E-state index contributed by atoms with van der Waals surface area (Å²) in [6, 6.07) is 7.65. The maximum absolute atomic E-state index is 12.6. The van der Waals surface area contributed by atoms with E-state index in [1.807, 2.05) is 24.3 Å². The van der Waals surface area contributed by atoms with Crippen LogP contribution in [0.4, 0.5) is 13.2 Å². The van der Waals surface area contributed by atoms with E-state index in [-0.39, 0.29) is 6.42 Å². The molecule has 1 aromatic rings. The third kappa shape index (κ3) is 5.11. The van der Waals surface area contributed by atoms with E-state index in [4.69, 9.17) is 5.73 Å². The lowest BCUT2D eigenvalue weighted by Crippen LogP contribution is -2.12. The molecule has 1 rings (SSSR count). The van der Waals surface area contributed by atoms with Crippen molar-refractivity contribution in [2.24, 2.45) is 5.73 Å². The monoisotopic (exact) mass is 283 g/mol. The molecule has 1 aromatic carbocycles. The molecular weight excluding hydrogens is 263 g/mol. The summed E-state index contributed by atoms with van der Waals surface area (Å²) in [5.74, 6) is 0. The molecule has 0 aromatic heterocycles. The van der Waals surface area contributed by atoms with Gasteiger partial charge in [-0.05, 0) is 37.3 Å². The van der Waals surface area contributed by atoms with Crippen LogP contribution in [-0.2, 0) is 12.8 Å². The first-order valence-corrected chi connectivity index (χ1v) is 6.57. The number of hydrogen-bond donors (Lipinski definition) is 1. The summed E-state index contributed by atoms with van der Waals surface area (Å²) < 4.78 is 37.8. The van der Waals surface area contributed by atoms with E-state index in [0.717, 1.165) is 17.2 Å². The van der Waals surface area contributed by atoms with E-state index in [1.54, 1.807) is 0 Å². The topological polar surface area (TPSA) is 26.0 Å². The second kappa shape index (κ2) is 7.17. The quantitative estimate of drug-likeness (QED) is 0.762. The molecule has 0 aliphatic rings. The fourth-order valence-corrected chi connectivity index (χ4v) is 2.14. The minimum absolute atomic E-state index is 0.0396. The molecule has 0 aliphatic carbocycles. The Morgan fingerprint density at radius 2 is 1.85 bits per heavy atom. The van der Waals surface area contributed by atoms with Crippen LogP contribution < -0.4 is 5.73 Å². The maximum atomic E-state index is 12.6. The lowest BCUT2D eigenvalue weighted by Gasteiger charge is -2.12. The smallest absolute Gasteiger partial charge is 0.402 e. The summed E-state index contributed by atoms with van der Waals surface area (Å²) in [4.78, 5) is 0. The number of hydrogen-bond acceptors (Lipinski definition) is 1. The van der Waals surface area contributed by atoms with Gasteiger partial charge in [0.15, 0.2) is 0 Å². The molecule has 0 saturated carbocycles. The Bertz CT molecular complexity index is 487. The highest BCUT2D eigenvalue weighted by Gasteiger charge is 2.31. The molecule has 0 radical (unpaired) electrons. The number of alkyl halides is 3. The predicted molar refractivity (Wildman–Crippen MR) is 76.2 cm³/mol. The maximum Gasteiger partial charge on any atom is 0.412 e. The minimum atomic E-state index is -4.22. The Hall–Kier alpha value is -1.71. The van der Waals surface area contributed by atoms with Crippen LogP contribution in [0.15, 0.2) is 48.2 Å². The van der Waals surface area contributed by atoms with Crippen molar-refractivity contribution in [2.45, 2.75) is 38.8 Å². The first-order chi connectivity index (χ1) is 9.34. The highest BCUT2D eigenvalue weighted by atomic mass is 19.4. The average molecular weight is 283 g/mol. The molecule has 0 heterocycles. The molecule has 0 amide bonds. The van der Waals surface area contributed by atoms with Gasteiger partial charge < -0.3 is 5.73 Å². The van der Waals surface area contributed by atoms with Gasteiger partial charge in [-0.15, -0.1) is 0 Å². The highest BCUT2D eigenvalue weighted by Crippen LogP contribution is 2.29. The molecule has 2 N–H and O–H groups in total. The lowest BCUT2D eigenvalue weighted by molar-refractivity contribution is -0.0942. The molecule has 0 fully saturated rings. The number of aryl methyl sites for hydroxylation is 1. The molecular formula is C16H20F3N. The fraction of sp³-hybridized carbons (Fsp3) is 0.375. The number of nitrogens with two attached hydrogens (primary N) is 1. The van der Waals surface area contributed by atoms with Crippen molar-refractivity contribution in [3.05, 3.63) is 59.3 Å². The van der Waals surface area contributed by atoms with Crippen LogP contribution in [0.3, 0.4) is 0 Å². The summed E-state index contributed by atoms with van der Waals surface area (Å²) in [5.41, 5.74) is 7.77. The van der Waals surface area contributed by atoms with Gasteiger partial charge in [0, 0.05) is 17.7 Å². The lowest BCUT2D eigenvalue weighted by atomic mass is 9.97. The summed E-state index contributed by atoms with van der Waals surface area (Å²) in [6.45, 7) is 5.09. The van der Waals surface area contributed by atoms with Crippen LogP contribution in [0.2, 0.25) is 0 Å². The molecule has 20 heavy (non-hydrogen) atoms. The van der Waals surface area contributed by atoms with E-state index in [0.29, 0.717) is 25.0 Å². The summed E-state index contributed by atoms with van der Waals surface area (Å²) in [7, 11) is 0. The standard InChI is InChI=1S/C16H20F3N/c1-3-15(16(17,18)19)10-6-9-13-7-4-5-8-14(13)11-12(2)20/h3-5,7-8H,2,6,9-11,20H2,1H3/b15-3+. The van der Waals surface area contributed by atoms with E-state index >= 15 is 0 Å². The van der Waals surface area contributed by atoms with Gasteiger partial charge >= 0.3 is 6.18 Å². The normalized spacial score (nSPS) is 12.5. The van der Waals surface area contributed by atoms with Gasteiger partial charge in [-0.2, -0.15) is 13.2 Å². The number of halogens is 3. The summed E-state index contributed by atoms with van der Waals surface area (Å²) in [6.07, 6.45) is -1.40. The van der Waals surface area contributed by atoms with Crippen molar-refractivity contribution in [1.82, 2.24) is 0 Å². The van der Waals surface area contributed by atoms with Crippen LogP contribution >= 0.6 is 0 Å². The van der Waals surface area contributed by atoms with Crippen molar-refractivity contribution in [3.63, 3.8) is 0 Å². The van der Waals surface area contributed by atoms with Crippen LogP contribution in [0, 0.1) is 0 Å². The predicted octanol–water partition coefficient (Wildman–Crippen LogP) is 4.53. The summed E-state index contributed by atoms with van der Waals surface area (Å²) in [5, 5.41) is 0. The first-order valence-electron chi connectivity index (χ1n) is 6.57. The Morgan fingerprint density at radius 1 is 1.25 bits per heavy atom. The van der Waals surface area contributed by atoms with Gasteiger partial charge in [-0.1, -0.05) is 36.9 Å². The minimum Gasteiger partial charge on any atom is -0.402 e. The van der Waals surface area contributed by atoms with Crippen LogP contribution in [0.1, 0.15) is 30.9 Å². The van der Waals surface area contributed by atoms with Gasteiger partial charge in [0.1, 0.15) is 0 Å². The zero-order chi connectivity index (χ0) is 15.2. The SMILES string of the molecule is C=C(N)Cc1ccccc1CCC/C(=C\C)C(F)(F)F. The second-order valence-electron chi connectivity index (χ2n) is 4.77. The van der Waals surface area contributed by atoms with Crippen LogP contribution in [0.25, 0.3) is 0 Å². The van der Waals surface area contributed by atoms with Crippen molar-refractivity contribution >= 4 is 0 Å². The zero-order valence-corrected chi connectivity index (χ0v) is 11.6. The largest absolute Gasteiger partial charge is 0.412 e. The molecule has 1 nitrogen and oxygen atoms in total. The highest BCUT2D eigenvalue weighted by molar-refractivity contribution is 5.30. The van der Waals surface area contributed by atoms with E-state index < -0.39 is 11.7 Å². The Kier molecular flexibility index (Phi) is 5.86. The Balaban J connectivity index is 2.65. The van der Waals surface area contributed by atoms with Gasteiger partial charge in [0.05, 0.1) is 0 Å². The third-order valence-corrected chi connectivity index (χ3v) is 3.14. The van der Waals surface area contributed by atoms with Crippen molar-refractivity contribution < 1.29 is 13.2 Å². The van der Waals surface area contributed by atoms with E-state index in [2.05, 4.69) is 6.58 Å². The summed E-state index contributed by atoms with van der Waals surface area (Å²) >= 11 is 0. The molecule has 0 spiro atoms. The number of benzene rings is 1. The van der Waals surface area contributed by atoms with Crippen LogP contribution in [-0.4, -0.2) is 6.18 Å². The van der Waals surface area contributed by atoms with E-state index in [9.17, 15) is 13.2 Å². The second-order valence-corrected chi connectivity index (χ2v) is 4.77. The Morgan fingerprint density at radius 3 is 2.35 bits per heavy atom. The first kappa shape index (κ1) is 16.3. The number of allylic oxidation sites excluding steroid dienone is 3. The third-order valence-electron chi connectivity index (χ3n) is 3.14. The Labute approximate surface area is 118 Å². The molecule has 0 saturated heterocycles. The fourth-order valence-electron chi connectivity index (χ4n) is 2.14. The molecule has 0 aliphatic heterocycles. The van der Waals surface area contributed by atoms with Crippen LogP contribution in [0.5, 0.6) is 0 Å². The van der Waals surface area contributed by atoms with Crippen molar-refractivity contribution in [2.75, 3.05) is 0 Å². The van der Waals surface area contributed by atoms with Crippen molar-refractivity contribution in [1.29, 1.82) is 0 Å². The van der Waals surface area contributed by atoms with Gasteiger partial charge in [-0.25, -0.2) is 0 Å². The molecule has 0 bridgehead atoms. The molecule has 0 unspecified atom stereocenters. The molecule has 0 atom stereocenters.